The van der Waals surface area contributed by atoms with Crippen LogP contribution in [0.1, 0.15) is 97.2 Å². The van der Waals surface area contributed by atoms with Crippen LogP contribution in [0.25, 0.3) is 0 Å². The number of nitrogens with one attached hydrogen (secondary N) is 5. The predicted octanol–water partition coefficient (Wildman–Crippen LogP) is 4.19. The van der Waals surface area contributed by atoms with Gasteiger partial charge < -0.3 is 36.1 Å². The molecule has 3 rings (SSSR count). The van der Waals surface area contributed by atoms with Crippen LogP contribution in [0.4, 0.5) is 4.79 Å². The number of aromatic nitrogens is 2. The van der Waals surface area contributed by atoms with Crippen LogP contribution in [0.15, 0.2) is 42.9 Å². The van der Waals surface area contributed by atoms with E-state index < -0.39 is 53.7 Å². The molecule has 1 aliphatic carbocycles. The number of aliphatic hydroxyl groups is 1. The number of benzene rings is 1. The van der Waals surface area contributed by atoms with E-state index in [-0.39, 0.29) is 31.1 Å². The first-order valence-electron chi connectivity index (χ1n) is 17.8. The first-order chi connectivity index (χ1) is 23.2. The van der Waals surface area contributed by atoms with E-state index in [0.717, 1.165) is 31.2 Å². The molecule has 0 aliphatic heterocycles. The Morgan fingerprint density at radius 1 is 0.918 bits per heavy atom. The maximum Gasteiger partial charge on any atom is 0.408 e. The van der Waals surface area contributed by atoms with Crippen molar-refractivity contribution in [1.82, 2.24) is 31.2 Å². The monoisotopic (exact) mass is 682 g/mol. The molecule has 4 unspecified atom stereocenters. The van der Waals surface area contributed by atoms with Crippen LogP contribution in [-0.4, -0.2) is 75.8 Å². The summed E-state index contributed by atoms with van der Waals surface area (Å²) in [5.41, 5.74) is 0.594. The van der Waals surface area contributed by atoms with Crippen LogP contribution >= 0.6 is 0 Å². The number of amides is 4. The molecule has 6 N–H and O–H groups in total. The molecule has 1 aliphatic rings. The third kappa shape index (κ3) is 14.2. The fourth-order valence-electron chi connectivity index (χ4n) is 6.52. The zero-order chi connectivity index (χ0) is 36.0. The van der Waals surface area contributed by atoms with Gasteiger partial charge in [0.1, 0.15) is 17.7 Å². The SMILES string of the molecule is CNC(=O)C(CC(C)C)CC(O)[C@H](CC1CCCCC1)NC(=O)C(Cc1c[nH]cn1)NC(=O)C(Cc1ccccc1)NC(=O)OC(C)(C)C. The highest BCUT2D eigenvalue weighted by Crippen LogP contribution is 2.29. The predicted molar refractivity (Wildman–Crippen MR) is 188 cm³/mol. The van der Waals surface area contributed by atoms with Crippen molar-refractivity contribution in [3.05, 3.63) is 54.1 Å². The zero-order valence-corrected chi connectivity index (χ0v) is 30.1. The van der Waals surface area contributed by atoms with E-state index in [2.05, 4.69) is 31.2 Å². The second-order valence-electron chi connectivity index (χ2n) is 14.8. The Morgan fingerprint density at radius 2 is 1.57 bits per heavy atom. The van der Waals surface area contributed by atoms with Gasteiger partial charge in [0.15, 0.2) is 0 Å². The van der Waals surface area contributed by atoms with Crippen molar-refractivity contribution in [2.24, 2.45) is 17.8 Å². The summed E-state index contributed by atoms with van der Waals surface area (Å²) in [7, 11) is 1.59. The summed E-state index contributed by atoms with van der Waals surface area (Å²) in [5, 5.41) is 23.0. The molecule has 1 aromatic carbocycles. The molecule has 0 radical (unpaired) electrons. The highest BCUT2D eigenvalue weighted by atomic mass is 16.6. The molecule has 0 bridgehead atoms. The van der Waals surface area contributed by atoms with Crippen molar-refractivity contribution in [2.75, 3.05) is 7.05 Å². The molecule has 0 saturated heterocycles. The van der Waals surface area contributed by atoms with Gasteiger partial charge in [-0.2, -0.15) is 0 Å². The lowest BCUT2D eigenvalue weighted by Crippen LogP contribution is -2.58. The van der Waals surface area contributed by atoms with E-state index in [1.807, 2.05) is 44.2 Å². The molecule has 49 heavy (non-hydrogen) atoms. The summed E-state index contributed by atoms with van der Waals surface area (Å²) >= 11 is 0. The number of aromatic amines is 1. The van der Waals surface area contributed by atoms with Crippen molar-refractivity contribution in [3.8, 4) is 0 Å². The average Bonchev–Trinajstić information content (AvgIpc) is 3.56. The third-order valence-corrected chi connectivity index (χ3v) is 8.89. The zero-order valence-electron chi connectivity index (χ0n) is 30.1. The molecule has 12 heteroatoms. The van der Waals surface area contributed by atoms with Gasteiger partial charge in [0, 0.05) is 32.0 Å². The van der Waals surface area contributed by atoms with Gasteiger partial charge in [-0.1, -0.05) is 76.3 Å². The molecular weight excluding hydrogens is 624 g/mol. The fraction of sp³-hybridized carbons (Fsp3) is 0.649. The molecular formula is C37H58N6O6. The van der Waals surface area contributed by atoms with Gasteiger partial charge in [-0.3, -0.25) is 14.4 Å². The molecule has 1 aromatic heterocycles. The second-order valence-corrected chi connectivity index (χ2v) is 14.8. The Balaban J connectivity index is 1.86. The second kappa shape index (κ2) is 19.3. The molecule has 2 aromatic rings. The number of hydrogen-bond acceptors (Lipinski definition) is 7. The summed E-state index contributed by atoms with van der Waals surface area (Å²) in [4.78, 5) is 60.8. The first kappa shape index (κ1) is 39.5. The lowest BCUT2D eigenvalue weighted by Gasteiger charge is -2.33. The maximum absolute atomic E-state index is 14.1. The Kier molecular flexibility index (Phi) is 15.6. The minimum Gasteiger partial charge on any atom is -0.444 e. The van der Waals surface area contributed by atoms with E-state index in [0.29, 0.717) is 24.5 Å². The van der Waals surface area contributed by atoms with Crippen molar-refractivity contribution in [3.63, 3.8) is 0 Å². The quantitative estimate of drug-likeness (QED) is 0.145. The summed E-state index contributed by atoms with van der Waals surface area (Å²) in [6, 6.07) is 6.52. The van der Waals surface area contributed by atoms with E-state index in [1.165, 1.54) is 12.7 Å². The van der Waals surface area contributed by atoms with Gasteiger partial charge in [0.25, 0.3) is 0 Å². The first-order valence-corrected chi connectivity index (χ1v) is 17.8. The number of H-pyrrole nitrogens is 1. The minimum absolute atomic E-state index is 0.0754. The Bertz CT molecular complexity index is 1310. The molecule has 1 heterocycles. The summed E-state index contributed by atoms with van der Waals surface area (Å²) in [6.07, 6.45) is 8.42. The summed E-state index contributed by atoms with van der Waals surface area (Å²) in [5.74, 6) is -1.03. The van der Waals surface area contributed by atoms with Gasteiger partial charge in [-0.05, 0) is 57.4 Å². The Labute approximate surface area is 291 Å². The van der Waals surface area contributed by atoms with Crippen molar-refractivity contribution >= 4 is 23.8 Å². The third-order valence-electron chi connectivity index (χ3n) is 8.89. The summed E-state index contributed by atoms with van der Waals surface area (Å²) in [6.45, 7) is 9.28. The normalized spacial score (nSPS) is 16.9. The number of imidazole rings is 1. The van der Waals surface area contributed by atoms with Gasteiger partial charge in [0.2, 0.25) is 17.7 Å². The number of hydrogen-bond donors (Lipinski definition) is 6. The molecule has 1 fully saturated rings. The lowest BCUT2D eigenvalue weighted by atomic mass is 9.81. The van der Waals surface area contributed by atoms with E-state index in [4.69, 9.17) is 4.74 Å². The Hall–Kier alpha value is -3.93. The number of carbonyl (C=O) groups excluding carboxylic acids is 4. The lowest BCUT2D eigenvalue weighted by molar-refractivity contribution is -0.131. The van der Waals surface area contributed by atoms with Crippen LogP contribution in [-0.2, 0) is 32.0 Å². The maximum atomic E-state index is 14.1. The standard InChI is InChI=1S/C37H58N6O6/c1-24(2)17-27(33(45)38-6)20-32(44)29(18-25-13-9-7-10-14-25)41-35(47)31(21-28-22-39-23-40-28)42-34(46)30(19-26-15-11-8-12-16-26)43-36(48)49-37(3,4)5/h8,11-12,15-16,22-25,27,29-32,44H,7,9-10,13-14,17-21H2,1-6H3,(H,38,45)(H,39,40)(H,41,47)(H,42,46)(H,43,48)/t27?,29-,30?,31?,32?/m0/s1. The highest BCUT2D eigenvalue weighted by Gasteiger charge is 2.34. The number of carbonyl (C=O) groups is 4. The minimum atomic E-state index is -1.07. The van der Waals surface area contributed by atoms with Crippen molar-refractivity contribution in [2.45, 2.75) is 129 Å². The van der Waals surface area contributed by atoms with Crippen LogP contribution in [0.2, 0.25) is 0 Å². The number of alkyl carbamates (subject to hydrolysis) is 1. The molecule has 1 saturated carbocycles. The molecule has 272 valence electrons. The fourth-order valence-corrected chi connectivity index (χ4v) is 6.52. The molecule has 5 atom stereocenters. The van der Waals surface area contributed by atoms with Crippen LogP contribution < -0.4 is 21.3 Å². The van der Waals surface area contributed by atoms with E-state index in [9.17, 15) is 24.3 Å². The highest BCUT2D eigenvalue weighted by molar-refractivity contribution is 5.91. The number of ether oxygens (including phenoxy) is 1. The number of aliphatic hydroxyl groups excluding tert-OH is 1. The van der Waals surface area contributed by atoms with Crippen LogP contribution in [0, 0.1) is 17.8 Å². The van der Waals surface area contributed by atoms with Crippen LogP contribution in [0.3, 0.4) is 0 Å². The molecule has 12 nitrogen and oxygen atoms in total. The largest absolute Gasteiger partial charge is 0.444 e. The number of nitrogens with zero attached hydrogens (tertiary/aromatic N) is 1. The van der Waals surface area contributed by atoms with Gasteiger partial charge in [0.05, 0.1) is 24.2 Å². The van der Waals surface area contributed by atoms with E-state index >= 15 is 0 Å². The smallest absolute Gasteiger partial charge is 0.408 e. The van der Waals surface area contributed by atoms with Gasteiger partial charge in [-0.25, -0.2) is 9.78 Å². The van der Waals surface area contributed by atoms with Crippen LogP contribution in [0.5, 0.6) is 0 Å². The van der Waals surface area contributed by atoms with E-state index in [1.54, 1.807) is 34.0 Å². The molecule has 0 spiro atoms. The van der Waals surface area contributed by atoms with Gasteiger partial charge in [-0.15, -0.1) is 0 Å². The topological polar surface area (TPSA) is 175 Å². The molecule has 4 amide bonds. The Morgan fingerprint density at radius 3 is 2.16 bits per heavy atom. The average molecular weight is 683 g/mol. The van der Waals surface area contributed by atoms with Crippen molar-refractivity contribution < 1.29 is 29.0 Å². The number of rotatable bonds is 17. The summed E-state index contributed by atoms with van der Waals surface area (Å²) < 4.78 is 5.45. The van der Waals surface area contributed by atoms with Crippen molar-refractivity contribution in [1.29, 1.82) is 0 Å². The van der Waals surface area contributed by atoms with Gasteiger partial charge >= 0.3 is 6.09 Å².